The predicted molar refractivity (Wildman–Crippen MR) is 80.0 cm³/mol. The number of halogens is 3. The third-order valence-corrected chi connectivity index (χ3v) is 4.73. The lowest BCUT2D eigenvalue weighted by Crippen LogP contribution is -2.47. The Bertz CT molecular complexity index is 406. The minimum atomic E-state index is -4.20. The van der Waals surface area contributed by atoms with E-state index in [1.54, 1.807) is 7.05 Å². The largest absolute Gasteiger partial charge is 0.401 e. The molecule has 1 heterocycles. The molecule has 1 saturated heterocycles. The average Bonchev–Trinajstić information content (AvgIpc) is 2.86. The first kappa shape index (κ1) is 18.3. The molecule has 0 aromatic heterocycles. The van der Waals surface area contributed by atoms with Gasteiger partial charge >= 0.3 is 12.2 Å². The zero-order valence-corrected chi connectivity index (χ0v) is 13.5. The van der Waals surface area contributed by atoms with Crippen molar-refractivity contribution in [2.45, 2.75) is 50.4 Å². The van der Waals surface area contributed by atoms with Crippen molar-refractivity contribution in [3.8, 4) is 0 Å². The van der Waals surface area contributed by atoms with Crippen molar-refractivity contribution in [1.82, 2.24) is 15.1 Å². The molecule has 1 saturated carbocycles. The monoisotopic (exact) mass is 337 g/mol. The lowest BCUT2D eigenvalue weighted by Gasteiger charge is -2.31. The smallest absolute Gasteiger partial charge is 0.393 e. The Labute approximate surface area is 134 Å². The Kier molecular flexibility index (Phi) is 6.13. The fourth-order valence-electron chi connectivity index (χ4n) is 3.47. The number of carbonyl (C=O) groups excluding carboxylic acids is 1. The van der Waals surface area contributed by atoms with E-state index in [1.165, 1.54) is 9.80 Å². The summed E-state index contributed by atoms with van der Waals surface area (Å²) in [5, 5.41) is 12.8. The zero-order valence-electron chi connectivity index (χ0n) is 13.5. The normalized spacial score (nSPS) is 29.5. The SMILES string of the molecule is CN(C[C@@H]1CCCC[C@@H]1O)C(=O)N[C@@H]1CCN(CC(F)(F)F)C1. The molecule has 1 aliphatic heterocycles. The van der Waals surface area contributed by atoms with Crippen LogP contribution in [0.3, 0.4) is 0 Å². The number of urea groups is 1. The molecule has 2 aliphatic rings. The van der Waals surface area contributed by atoms with Crippen LogP contribution in [0.2, 0.25) is 0 Å². The maximum absolute atomic E-state index is 12.4. The van der Waals surface area contributed by atoms with E-state index in [0.717, 1.165) is 25.7 Å². The van der Waals surface area contributed by atoms with Crippen molar-refractivity contribution >= 4 is 6.03 Å². The van der Waals surface area contributed by atoms with Crippen LogP contribution < -0.4 is 5.32 Å². The lowest BCUT2D eigenvalue weighted by atomic mass is 9.86. The molecule has 0 bridgehead atoms. The van der Waals surface area contributed by atoms with Crippen molar-refractivity contribution in [3.05, 3.63) is 0 Å². The number of nitrogens with zero attached hydrogens (tertiary/aromatic N) is 2. The van der Waals surface area contributed by atoms with E-state index in [1.807, 2.05) is 0 Å². The van der Waals surface area contributed by atoms with E-state index in [0.29, 0.717) is 19.5 Å². The van der Waals surface area contributed by atoms with Gasteiger partial charge in [-0.1, -0.05) is 12.8 Å². The summed E-state index contributed by atoms with van der Waals surface area (Å²) in [6, 6.07) is -0.523. The molecule has 2 amide bonds. The fourth-order valence-corrected chi connectivity index (χ4v) is 3.47. The van der Waals surface area contributed by atoms with Gasteiger partial charge in [0.25, 0.3) is 0 Å². The molecule has 2 N–H and O–H groups in total. The van der Waals surface area contributed by atoms with Gasteiger partial charge in [-0.2, -0.15) is 13.2 Å². The van der Waals surface area contributed by atoms with Crippen LogP contribution in [0.5, 0.6) is 0 Å². The molecule has 0 aromatic carbocycles. The van der Waals surface area contributed by atoms with Crippen LogP contribution >= 0.6 is 0 Å². The summed E-state index contributed by atoms with van der Waals surface area (Å²) in [4.78, 5) is 15.0. The molecule has 0 radical (unpaired) electrons. The van der Waals surface area contributed by atoms with E-state index >= 15 is 0 Å². The van der Waals surface area contributed by atoms with Crippen molar-refractivity contribution < 1.29 is 23.1 Å². The van der Waals surface area contributed by atoms with Crippen LogP contribution in [0, 0.1) is 5.92 Å². The van der Waals surface area contributed by atoms with Crippen molar-refractivity contribution in [3.63, 3.8) is 0 Å². The van der Waals surface area contributed by atoms with Gasteiger partial charge in [0.15, 0.2) is 0 Å². The van der Waals surface area contributed by atoms with Crippen LogP contribution in [0.4, 0.5) is 18.0 Å². The maximum Gasteiger partial charge on any atom is 0.401 e. The summed E-state index contributed by atoms with van der Waals surface area (Å²) in [7, 11) is 1.67. The average molecular weight is 337 g/mol. The highest BCUT2D eigenvalue weighted by Gasteiger charge is 2.35. The summed E-state index contributed by atoms with van der Waals surface area (Å²) < 4.78 is 37.1. The number of nitrogens with one attached hydrogen (secondary N) is 1. The zero-order chi connectivity index (χ0) is 17.0. The van der Waals surface area contributed by atoms with Crippen LogP contribution in [-0.2, 0) is 0 Å². The fraction of sp³-hybridized carbons (Fsp3) is 0.933. The number of hydrogen-bond acceptors (Lipinski definition) is 3. The number of amides is 2. The molecule has 0 unspecified atom stereocenters. The molecule has 0 aromatic rings. The first-order valence-electron chi connectivity index (χ1n) is 8.23. The number of aliphatic hydroxyl groups excluding tert-OH is 1. The van der Waals surface area contributed by atoms with E-state index in [9.17, 15) is 23.1 Å². The van der Waals surface area contributed by atoms with Gasteiger partial charge in [-0.3, -0.25) is 4.90 Å². The molecular weight excluding hydrogens is 311 g/mol. The Morgan fingerprint density at radius 1 is 1.30 bits per heavy atom. The van der Waals surface area contributed by atoms with Crippen LogP contribution in [-0.4, -0.2) is 72.5 Å². The van der Waals surface area contributed by atoms with Crippen molar-refractivity contribution in [1.29, 1.82) is 0 Å². The number of carbonyl (C=O) groups is 1. The van der Waals surface area contributed by atoms with Gasteiger partial charge in [0.1, 0.15) is 0 Å². The van der Waals surface area contributed by atoms with Gasteiger partial charge in [-0.15, -0.1) is 0 Å². The van der Waals surface area contributed by atoms with E-state index in [4.69, 9.17) is 0 Å². The van der Waals surface area contributed by atoms with Crippen LogP contribution in [0.1, 0.15) is 32.1 Å². The molecule has 5 nitrogen and oxygen atoms in total. The highest BCUT2D eigenvalue weighted by Crippen LogP contribution is 2.25. The van der Waals surface area contributed by atoms with Crippen molar-refractivity contribution in [2.24, 2.45) is 5.92 Å². The quantitative estimate of drug-likeness (QED) is 0.823. The Morgan fingerprint density at radius 3 is 2.65 bits per heavy atom. The van der Waals surface area contributed by atoms with Gasteiger partial charge in [-0.25, -0.2) is 4.79 Å². The second-order valence-corrected chi connectivity index (χ2v) is 6.78. The minimum Gasteiger partial charge on any atom is -0.393 e. The van der Waals surface area contributed by atoms with Crippen LogP contribution in [0.15, 0.2) is 0 Å². The molecule has 0 spiro atoms. The van der Waals surface area contributed by atoms with E-state index in [-0.39, 0.29) is 30.6 Å². The van der Waals surface area contributed by atoms with Crippen molar-refractivity contribution in [2.75, 3.05) is 33.2 Å². The predicted octanol–water partition coefficient (Wildman–Crippen LogP) is 1.82. The van der Waals surface area contributed by atoms with Gasteiger partial charge in [0.2, 0.25) is 0 Å². The highest BCUT2D eigenvalue weighted by molar-refractivity contribution is 5.74. The second-order valence-electron chi connectivity index (χ2n) is 6.78. The lowest BCUT2D eigenvalue weighted by molar-refractivity contribution is -0.143. The summed E-state index contributed by atoms with van der Waals surface area (Å²) >= 11 is 0. The number of alkyl halides is 3. The number of likely N-dealkylation sites (tertiary alicyclic amines) is 1. The standard InChI is InChI=1S/C15H26F3N3O2/c1-20(8-11-4-2-3-5-13(11)22)14(23)19-12-6-7-21(9-12)10-15(16,17)18/h11-13,22H,2-10H2,1H3,(H,19,23)/t11-,12+,13-/m0/s1. The molecule has 23 heavy (non-hydrogen) atoms. The third-order valence-electron chi connectivity index (χ3n) is 4.73. The number of aliphatic hydroxyl groups is 1. The summed E-state index contributed by atoms with van der Waals surface area (Å²) in [5.41, 5.74) is 0. The minimum absolute atomic E-state index is 0.0878. The number of hydrogen-bond donors (Lipinski definition) is 2. The van der Waals surface area contributed by atoms with Gasteiger partial charge < -0.3 is 15.3 Å². The summed E-state index contributed by atoms with van der Waals surface area (Å²) in [6.07, 6.45) is -0.282. The second kappa shape index (κ2) is 7.70. The van der Waals surface area contributed by atoms with E-state index in [2.05, 4.69) is 5.32 Å². The molecule has 2 rings (SSSR count). The molecule has 2 fully saturated rings. The molecule has 1 aliphatic carbocycles. The number of rotatable bonds is 4. The Morgan fingerprint density at radius 2 is 2.00 bits per heavy atom. The Balaban J connectivity index is 1.73. The van der Waals surface area contributed by atoms with Gasteiger partial charge in [0.05, 0.1) is 12.6 Å². The Hall–Kier alpha value is -1.02. The summed E-state index contributed by atoms with van der Waals surface area (Å²) in [5.74, 6) is 0.0878. The van der Waals surface area contributed by atoms with Gasteiger partial charge in [-0.05, 0) is 19.3 Å². The third kappa shape index (κ3) is 5.84. The first-order valence-corrected chi connectivity index (χ1v) is 8.23. The topological polar surface area (TPSA) is 55.8 Å². The maximum atomic E-state index is 12.4. The molecule has 134 valence electrons. The molecular formula is C15H26F3N3O2. The molecule has 8 heteroatoms. The van der Waals surface area contributed by atoms with Crippen LogP contribution in [0.25, 0.3) is 0 Å². The summed E-state index contributed by atoms with van der Waals surface area (Å²) in [6.45, 7) is 0.121. The van der Waals surface area contributed by atoms with E-state index < -0.39 is 12.7 Å². The molecule has 3 atom stereocenters. The highest BCUT2D eigenvalue weighted by atomic mass is 19.4. The van der Waals surface area contributed by atoms with Gasteiger partial charge in [0, 0.05) is 38.6 Å². The first-order chi connectivity index (χ1) is 10.7.